The molecule has 0 fully saturated rings. The Balaban J connectivity index is 3.29. The van der Waals surface area contributed by atoms with Gasteiger partial charge in [-0.05, 0) is 35.6 Å². The van der Waals surface area contributed by atoms with E-state index in [9.17, 15) is 13.2 Å². The van der Waals surface area contributed by atoms with Crippen LogP contribution in [-0.4, -0.2) is 4.98 Å². The normalized spacial score (nSPS) is 11.8. The SMILES string of the molecule is Cc1nc(C(F)(F)F)cc(I)c1N. The zero-order chi connectivity index (χ0) is 10.2. The average Bonchev–Trinajstić information content (AvgIpc) is 1.97. The summed E-state index contributed by atoms with van der Waals surface area (Å²) in [7, 11) is 0. The fourth-order valence-corrected chi connectivity index (χ4v) is 1.47. The van der Waals surface area contributed by atoms with Gasteiger partial charge in [0.15, 0.2) is 0 Å². The number of hydrogen-bond acceptors (Lipinski definition) is 2. The van der Waals surface area contributed by atoms with Crippen molar-refractivity contribution in [2.45, 2.75) is 13.1 Å². The highest BCUT2D eigenvalue weighted by molar-refractivity contribution is 14.1. The highest BCUT2D eigenvalue weighted by atomic mass is 127. The van der Waals surface area contributed by atoms with E-state index in [1.807, 2.05) is 0 Å². The van der Waals surface area contributed by atoms with Gasteiger partial charge in [0.1, 0.15) is 5.69 Å². The number of anilines is 1. The van der Waals surface area contributed by atoms with Crippen LogP contribution in [0.4, 0.5) is 18.9 Å². The zero-order valence-electron chi connectivity index (χ0n) is 6.61. The summed E-state index contributed by atoms with van der Waals surface area (Å²) in [5.41, 5.74) is 5.06. The highest BCUT2D eigenvalue weighted by Crippen LogP contribution is 2.30. The predicted molar refractivity (Wildman–Crippen MR) is 51.1 cm³/mol. The third-order valence-electron chi connectivity index (χ3n) is 1.49. The van der Waals surface area contributed by atoms with Crippen LogP contribution in [0.5, 0.6) is 0 Å². The smallest absolute Gasteiger partial charge is 0.396 e. The number of aryl methyl sites for hydroxylation is 1. The van der Waals surface area contributed by atoms with Crippen molar-refractivity contribution in [2.75, 3.05) is 5.73 Å². The molecule has 0 saturated heterocycles. The molecular weight excluding hydrogens is 296 g/mol. The largest absolute Gasteiger partial charge is 0.433 e. The molecule has 13 heavy (non-hydrogen) atoms. The molecule has 0 spiro atoms. The summed E-state index contributed by atoms with van der Waals surface area (Å²) in [6.45, 7) is 1.45. The number of alkyl halides is 3. The molecule has 2 nitrogen and oxygen atoms in total. The van der Waals surface area contributed by atoms with Crippen LogP contribution < -0.4 is 5.73 Å². The predicted octanol–water partition coefficient (Wildman–Crippen LogP) is 2.60. The van der Waals surface area contributed by atoms with Crippen molar-refractivity contribution in [3.63, 3.8) is 0 Å². The number of halogens is 4. The lowest BCUT2D eigenvalue weighted by Crippen LogP contribution is -2.10. The first kappa shape index (κ1) is 10.6. The van der Waals surface area contributed by atoms with Gasteiger partial charge in [0.25, 0.3) is 0 Å². The van der Waals surface area contributed by atoms with Crippen LogP contribution in [0.15, 0.2) is 6.07 Å². The molecule has 1 aromatic rings. The summed E-state index contributed by atoms with van der Waals surface area (Å²) < 4.78 is 36.9. The number of nitrogens with two attached hydrogens (primary N) is 1. The van der Waals surface area contributed by atoms with Gasteiger partial charge in [-0.3, -0.25) is 0 Å². The number of nitrogens with zero attached hydrogens (tertiary/aromatic N) is 1. The van der Waals surface area contributed by atoms with Crippen LogP contribution in [-0.2, 0) is 6.18 Å². The van der Waals surface area contributed by atoms with Crippen LogP contribution in [0.25, 0.3) is 0 Å². The topological polar surface area (TPSA) is 38.9 Å². The Hall–Kier alpha value is -0.530. The molecule has 0 aromatic carbocycles. The maximum Gasteiger partial charge on any atom is 0.433 e. The van der Waals surface area contributed by atoms with E-state index in [0.29, 0.717) is 9.26 Å². The van der Waals surface area contributed by atoms with Crippen LogP contribution in [0, 0.1) is 10.5 Å². The number of rotatable bonds is 0. The number of nitrogen functional groups attached to an aromatic ring is 1. The monoisotopic (exact) mass is 302 g/mol. The minimum Gasteiger partial charge on any atom is -0.396 e. The van der Waals surface area contributed by atoms with E-state index in [2.05, 4.69) is 4.98 Å². The molecule has 0 unspecified atom stereocenters. The first-order valence-corrected chi connectivity index (χ1v) is 4.40. The van der Waals surface area contributed by atoms with Crippen molar-refractivity contribution in [1.29, 1.82) is 0 Å². The molecule has 0 aliphatic heterocycles. The van der Waals surface area contributed by atoms with Gasteiger partial charge in [-0.2, -0.15) is 13.2 Å². The van der Waals surface area contributed by atoms with Gasteiger partial charge in [0.05, 0.1) is 11.4 Å². The van der Waals surface area contributed by atoms with Crippen molar-refractivity contribution in [1.82, 2.24) is 4.98 Å². The van der Waals surface area contributed by atoms with E-state index in [1.165, 1.54) is 6.92 Å². The fraction of sp³-hybridized carbons (Fsp3) is 0.286. The van der Waals surface area contributed by atoms with E-state index < -0.39 is 11.9 Å². The van der Waals surface area contributed by atoms with E-state index in [-0.39, 0.29) is 5.69 Å². The summed E-state index contributed by atoms with van der Waals surface area (Å²) >= 11 is 1.75. The Morgan fingerprint density at radius 2 is 2.00 bits per heavy atom. The first-order chi connectivity index (χ1) is 5.82. The molecular formula is C7H6F3IN2. The van der Waals surface area contributed by atoms with Gasteiger partial charge in [-0.1, -0.05) is 0 Å². The first-order valence-electron chi connectivity index (χ1n) is 3.32. The molecule has 0 radical (unpaired) electrons. The molecule has 6 heteroatoms. The summed E-state index contributed by atoms with van der Waals surface area (Å²) in [6.07, 6.45) is -4.40. The Morgan fingerprint density at radius 3 is 2.38 bits per heavy atom. The lowest BCUT2D eigenvalue weighted by atomic mass is 10.2. The van der Waals surface area contributed by atoms with E-state index in [1.54, 1.807) is 22.6 Å². The maximum absolute atomic E-state index is 12.2. The summed E-state index contributed by atoms with van der Waals surface area (Å²) in [5.74, 6) is 0. The molecule has 0 aliphatic rings. The molecule has 2 N–H and O–H groups in total. The van der Waals surface area contributed by atoms with E-state index in [4.69, 9.17) is 5.73 Å². The Morgan fingerprint density at radius 1 is 1.46 bits per heavy atom. The second-order valence-corrected chi connectivity index (χ2v) is 3.65. The average molecular weight is 302 g/mol. The van der Waals surface area contributed by atoms with Gasteiger partial charge < -0.3 is 5.73 Å². The number of pyridine rings is 1. The van der Waals surface area contributed by atoms with Crippen molar-refractivity contribution >= 4 is 28.3 Å². The third-order valence-corrected chi connectivity index (χ3v) is 2.38. The van der Waals surface area contributed by atoms with Crippen molar-refractivity contribution in [3.05, 3.63) is 21.0 Å². The van der Waals surface area contributed by atoms with Crippen molar-refractivity contribution < 1.29 is 13.2 Å². The zero-order valence-corrected chi connectivity index (χ0v) is 8.77. The highest BCUT2D eigenvalue weighted by Gasteiger charge is 2.33. The van der Waals surface area contributed by atoms with E-state index in [0.717, 1.165) is 6.07 Å². The van der Waals surface area contributed by atoms with Crippen LogP contribution >= 0.6 is 22.6 Å². The lowest BCUT2D eigenvalue weighted by molar-refractivity contribution is -0.141. The molecule has 0 atom stereocenters. The second kappa shape index (κ2) is 3.32. The standard InChI is InChI=1S/C7H6F3IN2/c1-3-6(12)4(11)2-5(13-3)7(8,9)10/h2H,12H2,1H3. The summed E-state index contributed by atoms with van der Waals surface area (Å²) in [4.78, 5) is 3.35. The molecule has 1 heterocycles. The second-order valence-electron chi connectivity index (χ2n) is 2.49. The minimum atomic E-state index is -4.40. The van der Waals surface area contributed by atoms with Gasteiger partial charge in [-0.25, -0.2) is 4.98 Å². The molecule has 0 amide bonds. The molecule has 0 saturated carbocycles. The van der Waals surface area contributed by atoms with Gasteiger partial charge in [0.2, 0.25) is 0 Å². The minimum absolute atomic E-state index is 0.208. The number of aromatic nitrogens is 1. The lowest BCUT2D eigenvalue weighted by Gasteiger charge is -2.09. The summed E-state index contributed by atoms with van der Waals surface area (Å²) in [6, 6.07) is 0.933. The molecule has 72 valence electrons. The van der Waals surface area contributed by atoms with Gasteiger partial charge in [0, 0.05) is 3.57 Å². The molecule has 1 aromatic heterocycles. The summed E-state index contributed by atoms with van der Waals surface area (Å²) in [5, 5.41) is 0. The van der Waals surface area contributed by atoms with E-state index >= 15 is 0 Å². The van der Waals surface area contributed by atoms with Crippen LogP contribution in [0.2, 0.25) is 0 Å². The van der Waals surface area contributed by atoms with Crippen molar-refractivity contribution in [2.24, 2.45) is 0 Å². The third kappa shape index (κ3) is 2.23. The Labute approximate surface area is 86.5 Å². The van der Waals surface area contributed by atoms with Gasteiger partial charge in [-0.15, -0.1) is 0 Å². The van der Waals surface area contributed by atoms with Crippen molar-refractivity contribution in [3.8, 4) is 0 Å². The maximum atomic E-state index is 12.2. The molecule has 1 rings (SSSR count). The van der Waals surface area contributed by atoms with Gasteiger partial charge >= 0.3 is 6.18 Å². The quantitative estimate of drug-likeness (QED) is 0.748. The molecule has 0 bridgehead atoms. The molecule has 0 aliphatic carbocycles. The van der Waals surface area contributed by atoms with Crippen LogP contribution in [0.1, 0.15) is 11.4 Å². The number of hydrogen-bond donors (Lipinski definition) is 1. The van der Waals surface area contributed by atoms with Crippen LogP contribution in [0.3, 0.4) is 0 Å². The fourth-order valence-electron chi connectivity index (χ4n) is 0.789. The Bertz CT molecular complexity index is 312. The Kier molecular flexibility index (Phi) is 2.69.